The van der Waals surface area contributed by atoms with Crippen molar-refractivity contribution in [3.05, 3.63) is 66.1 Å². The number of hydrogen-bond donors (Lipinski definition) is 1. The molecule has 13 heteroatoms. The molecule has 0 bridgehead atoms. The summed E-state index contributed by atoms with van der Waals surface area (Å²) in [5.41, 5.74) is 3.54. The van der Waals surface area contributed by atoms with Gasteiger partial charge >= 0.3 is 12.1 Å². The Morgan fingerprint density at radius 3 is 2.63 bits per heavy atom. The van der Waals surface area contributed by atoms with Crippen LogP contribution in [0.25, 0.3) is 16.8 Å². The predicted octanol–water partition coefficient (Wildman–Crippen LogP) is 4.29. The summed E-state index contributed by atoms with van der Waals surface area (Å²) >= 11 is 0. The van der Waals surface area contributed by atoms with Crippen molar-refractivity contribution in [1.82, 2.24) is 29.3 Å². The van der Waals surface area contributed by atoms with Gasteiger partial charge in [0.05, 0.1) is 13.3 Å². The molecular formula is C25H26F4N6O3. The maximum absolute atomic E-state index is 13.8. The number of carboxylic acid groups (broad SMARTS) is 1. The summed E-state index contributed by atoms with van der Waals surface area (Å²) in [4.78, 5) is 16.1. The zero-order valence-electron chi connectivity index (χ0n) is 20.7. The molecule has 3 aromatic heterocycles. The number of benzene rings is 1. The molecule has 1 aliphatic rings. The zero-order valence-corrected chi connectivity index (χ0v) is 20.7. The van der Waals surface area contributed by atoms with Crippen molar-refractivity contribution in [3.63, 3.8) is 0 Å². The Balaban J connectivity index is 0.000000426. The maximum atomic E-state index is 13.8. The van der Waals surface area contributed by atoms with Gasteiger partial charge in [-0.25, -0.2) is 18.7 Å². The Kier molecular flexibility index (Phi) is 7.95. The topological polar surface area (TPSA) is 97.8 Å². The third-order valence-electron chi connectivity index (χ3n) is 6.10. The van der Waals surface area contributed by atoms with Gasteiger partial charge < -0.3 is 9.84 Å². The van der Waals surface area contributed by atoms with E-state index in [4.69, 9.17) is 24.7 Å². The molecule has 4 aromatic rings. The summed E-state index contributed by atoms with van der Waals surface area (Å²) in [6.45, 7) is 2.89. The van der Waals surface area contributed by atoms with E-state index < -0.39 is 12.1 Å². The number of hydrogen-bond acceptors (Lipinski definition) is 6. The highest BCUT2D eigenvalue weighted by Crippen LogP contribution is 2.31. The van der Waals surface area contributed by atoms with Gasteiger partial charge in [0, 0.05) is 55.1 Å². The van der Waals surface area contributed by atoms with Gasteiger partial charge in [0.1, 0.15) is 11.6 Å². The normalized spacial score (nSPS) is 16.2. The number of likely N-dealkylation sites (tertiary alicyclic amines) is 1. The number of aliphatic carboxylic acids is 1. The van der Waals surface area contributed by atoms with Gasteiger partial charge in [-0.05, 0) is 49.7 Å². The number of fused-ring (bicyclic) bond motifs is 1. The van der Waals surface area contributed by atoms with Gasteiger partial charge in [0.15, 0.2) is 11.5 Å². The minimum atomic E-state index is -5.08. The predicted molar refractivity (Wildman–Crippen MR) is 129 cm³/mol. The summed E-state index contributed by atoms with van der Waals surface area (Å²) in [6.07, 6.45) is 2.99. The van der Waals surface area contributed by atoms with Crippen LogP contribution in [-0.4, -0.2) is 66.7 Å². The summed E-state index contributed by atoms with van der Waals surface area (Å²) in [5.74, 6) is -1.28. The zero-order chi connectivity index (χ0) is 27.4. The number of ether oxygens (including phenoxy) is 1. The molecule has 1 aliphatic heterocycles. The van der Waals surface area contributed by atoms with Crippen molar-refractivity contribution >= 4 is 11.6 Å². The molecule has 202 valence electrons. The monoisotopic (exact) mass is 534 g/mol. The highest BCUT2D eigenvalue weighted by atomic mass is 19.4. The van der Waals surface area contributed by atoms with Crippen molar-refractivity contribution < 1.29 is 32.2 Å². The number of halogens is 4. The van der Waals surface area contributed by atoms with Crippen molar-refractivity contribution in [1.29, 1.82) is 0 Å². The number of aromatic nitrogens is 5. The Morgan fingerprint density at radius 2 is 1.97 bits per heavy atom. The average molecular weight is 535 g/mol. The molecule has 0 saturated carbocycles. The number of alkyl halides is 3. The minimum absolute atomic E-state index is 0.289. The van der Waals surface area contributed by atoms with Gasteiger partial charge in [0.25, 0.3) is 0 Å². The van der Waals surface area contributed by atoms with E-state index in [1.807, 2.05) is 36.3 Å². The lowest BCUT2D eigenvalue weighted by Gasteiger charge is -2.30. The van der Waals surface area contributed by atoms with Crippen LogP contribution < -0.4 is 4.74 Å². The third-order valence-corrected chi connectivity index (χ3v) is 6.10. The molecule has 4 heterocycles. The van der Waals surface area contributed by atoms with Crippen LogP contribution in [0.1, 0.15) is 30.1 Å². The smallest absolute Gasteiger partial charge is 0.490 e. The van der Waals surface area contributed by atoms with Crippen LogP contribution in [-0.2, 0) is 18.4 Å². The fourth-order valence-electron chi connectivity index (χ4n) is 4.36. The van der Waals surface area contributed by atoms with E-state index in [0.29, 0.717) is 11.3 Å². The van der Waals surface area contributed by atoms with Gasteiger partial charge in [-0.15, -0.1) is 0 Å². The molecule has 38 heavy (non-hydrogen) atoms. The largest absolute Gasteiger partial charge is 0.496 e. The van der Waals surface area contributed by atoms with Gasteiger partial charge in [-0.2, -0.15) is 23.4 Å². The fraction of sp³-hybridized carbons (Fsp3) is 0.360. The standard InChI is InChI=1S/C23H25FN6O.C2HF3O2/c1-28-12-16(11-25-28)13-29-9-3-4-18(14-29)23-26-22-8-5-17(15-30(22)27-23)20-10-19(24)6-7-21(20)31-2;3-2(4,5)1(6)7/h5-8,10-12,15,18H,3-4,9,13-14H2,1-2H3;(H,6,7). The quantitative estimate of drug-likeness (QED) is 0.382. The summed E-state index contributed by atoms with van der Waals surface area (Å²) in [5, 5.41) is 16.2. The van der Waals surface area contributed by atoms with Gasteiger partial charge in [-0.3, -0.25) is 9.58 Å². The third kappa shape index (κ3) is 6.46. The molecule has 1 aromatic carbocycles. The first-order chi connectivity index (χ1) is 18.0. The number of piperidine rings is 1. The molecule has 1 saturated heterocycles. The molecule has 5 rings (SSSR count). The van der Waals surface area contributed by atoms with Crippen LogP contribution in [0.4, 0.5) is 17.6 Å². The summed E-state index contributed by atoms with van der Waals surface area (Å²) in [6, 6.07) is 8.37. The van der Waals surface area contributed by atoms with Crippen molar-refractivity contribution in [2.45, 2.75) is 31.5 Å². The Morgan fingerprint density at radius 1 is 1.21 bits per heavy atom. The van der Waals surface area contributed by atoms with Crippen LogP contribution in [0.5, 0.6) is 5.75 Å². The first-order valence-corrected chi connectivity index (χ1v) is 11.7. The number of rotatable bonds is 5. The molecule has 1 fully saturated rings. The van der Waals surface area contributed by atoms with E-state index in [1.54, 1.807) is 17.7 Å². The minimum Gasteiger partial charge on any atom is -0.496 e. The number of carbonyl (C=O) groups is 1. The molecule has 0 amide bonds. The second-order valence-corrected chi connectivity index (χ2v) is 8.93. The molecule has 9 nitrogen and oxygen atoms in total. The molecule has 1 N–H and O–H groups in total. The number of nitrogens with zero attached hydrogens (tertiary/aromatic N) is 6. The van der Waals surface area contributed by atoms with E-state index >= 15 is 0 Å². The molecular weight excluding hydrogens is 508 g/mol. The number of methoxy groups -OCH3 is 1. The van der Waals surface area contributed by atoms with Crippen LogP contribution in [0, 0.1) is 5.82 Å². The molecule has 0 spiro atoms. The van der Waals surface area contributed by atoms with E-state index in [-0.39, 0.29) is 11.7 Å². The highest BCUT2D eigenvalue weighted by Gasteiger charge is 2.38. The van der Waals surface area contributed by atoms with E-state index in [2.05, 4.69) is 16.2 Å². The Bertz CT molecular complexity index is 1420. The van der Waals surface area contributed by atoms with Crippen LogP contribution in [0.2, 0.25) is 0 Å². The van der Waals surface area contributed by atoms with Crippen LogP contribution in [0.3, 0.4) is 0 Å². The highest BCUT2D eigenvalue weighted by molar-refractivity contribution is 5.73. The van der Waals surface area contributed by atoms with Gasteiger partial charge in [-0.1, -0.05) is 0 Å². The first kappa shape index (κ1) is 27.0. The second kappa shape index (κ2) is 11.2. The van der Waals surface area contributed by atoms with Crippen molar-refractivity contribution in [2.24, 2.45) is 7.05 Å². The van der Waals surface area contributed by atoms with Gasteiger partial charge in [0.2, 0.25) is 0 Å². The first-order valence-electron chi connectivity index (χ1n) is 11.7. The van der Waals surface area contributed by atoms with Crippen molar-refractivity contribution in [3.8, 4) is 16.9 Å². The summed E-state index contributed by atoms with van der Waals surface area (Å²) < 4.78 is 54.6. The van der Waals surface area contributed by atoms with Crippen molar-refractivity contribution in [2.75, 3.05) is 20.2 Å². The number of carboxylic acids is 1. The SMILES string of the molecule is COc1ccc(F)cc1-c1ccc2nc(C3CCCN(Cc4cnn(C)c4)C3)nn2c1.O=C(O)C(F)(F)F. The fourth-order valence-corrected chi connectivity index (χ4v) is 4.36. The number of pyridine rings is 1. The lowest BCUT2D eigenvalue weighted by molar-refractivity contribution is -0.192. The Hall–Kier alpha value is -4.00. The molecule has 0 radical (unpaired) electrons. The Labute approximate surface area is 215 Å². The second-order valence-electron chi connectivity index (χ2n) is 8.93. The van der Waals surface area contributed by atoms with Crippen LogP contribution in [0.15, 0.2) is 48.9 Å². The van der Waals surface area contributed by atoms with Crippen LogP contribution >= 0.6 is 0 Å². The van der Waals surface area contributed by atoms with E-state index in [9.17, 15) is 17.6 Å². The molecule has 0 aliphatic carbocycles. The summed E-state index contributed by atoms with van der Waals surface area (Å²) in [7, 11) is 3.53. The van der Waals surface area contributed by atoms with E-state index in [1.165, 1.54) is 17.7 Å². The molecule has 1 unspecified atom stereocenters. The number of aryl methyl sites for hydroxylation is 1. The average Bonchev–Trinajstić information content (AvgIpc) is 3.49. The van der Waals surface area contributed by atoms with E-state index in [0.717, 1.165) is 49.5 Å². The maximum Gasteiger partial charge on any atom is 0.490 e. The molecule has 1 atom stereocenters. The lowest BCUT2D eigenvalue weighted by atomic mass is 9.97. The lowest BCUT2D eigenvalue weighted by Crippen LogP contribution is -2.34.